The summed E-state index contributed by atoms with van der Waals surface area (Å²) < 4.78 is 10.8. The maximum absolute atomic E-state index is 12.2. The van der Waals surface area contributed by atoms with E-state index in [2.05, 4.69) is 10.2 Å². The molecule has 5 heteroatoms. The van der Waals surface area contributed by atoms with Gasteiger partial charge in [0.1, 0.15) is 0 Å². The Morgan fingerprint density at radius 2 is 1.64 bits per heavy atom. The molecule has 0 saturated carbocycles. The molecule has 122 valence electrons. The van der Waals surface area contributed by atoms with Gasteiger partial charge in [0.2, 0.25) is 5.89 Å². The Morgan fingerprint density at radius 1 is 0.880 bits per heavy atom. The average molecular weight is 330 g/mol. The zero-order chi connectivity index (χ0) is 17.1. The van der Waals surface area contributed by atoms with Gasteiger partial charge in [0.25, 0.3) is 5.89 Å². The summed E-state index contributed by atoms with van der Waals surface area (Å²) in [5, 5.41) is 9.94. The van der Waals surface area contributed by atoms with E-state index in [1.165, 1.54) is 0 Å². The molecule has 0 unspecified atom stereocenters. The van der Waals surface area contributed by atoms with Gasteiger partial charge in [-0.05, 0) is 35.0 Å². The molecule has 5 nitrogen and oxygen atoms in total. The smallest absolute Gasteiger partial charge is 0.338 e. The molecule has 1 heterocycles. The molecular formula is C20H14N2O3. The number of carbonyl (C=O) groups excluding carboxylic acids is 1. The first-order chi connectivity index (χ1) is 12.3. The van der Waals surface area contributed by atoms with Crippen LogP contribution in [0.2, 0.25) is 0 Å². The zero-order valence-corrected chi connectivity index (χ0v) is 13.3. The number of hydrogen-bond acceptors (Lipinski definition) is 5. The molecule has 0 atom stereocenters. The Hall–Kier alpha value is -3.47. The van der Waals surface area contributed by atoms with Crippen LogP contribution in [0.1, 0.15) is 16.2 Å². The van der Waals surface area contributed by atoms with Crippen LogP contribution in [0, 0.1) is 0 Å². The molecule has 0 saturated heterocycles. The molecule has 4 rings (SSSR count). The summed E-state index contributed by atoms with van der Waals surface area (Å²) in [6.07, 6.45) is 0. The SMILES string of the molecule is O=C(OCc1nnc(-c2ccccc2)o1)c1ccc2ccccc2c1. The third-order valence-electron chi connectivity index (χ3n) is 3.80. The second kappa shape index (κ2) is 6.57. The number of aromatic nitrogens is 2. The molecule has 0 amide bonds. The van der Waals surface area contributed by atoms with Gasteiger partial charge in [-0.2, -0.15) is 0 Å². The van der Waals surface area contributed by atoms with Gasteiger partial charge in [0.15, 0.2) is 6.61 Å². The van der Waals surface area contributed by atoms with Gasteiger partial charge in [-0.1, -0.05) is 48.5 Å². The van der Waals surface area contributed by atoms with Crippen LogP contribution in [0.4, 0.5) is 0 Å². The maximum atomic E-state index is 12.2. The topological polar surface area (TPSA) is 65.2 Å². The van der Waals surface area contributed by atoms with Crippen LogP contribution in [0.3, 0.4) is 0 Å². The molecular weight excluding hydrogens is 316 g/mol. The molecule has 0 aliphatic heterocycles. The number of benzene rings is 3. The summed E-state index contributed by atoms with van der Waals surface area (Å²) >= 11 is 0. The van der Waals surface area contributed by atoms with Gasteiger partial charge >= 0.3 is 5.97 Å². The van der Waals surface area contributed by atoms with Crippen molar-refractivity contribution in [2.45, 2.75) is 6.61 Å². The first kappa shape index (κ1) is 15.1. The minimum absolute atomic E-state index is 0.0640. The summed E-state index contributed by atoms with van der Waals surface area (Å²) in [6, 6.07) is 22.7. The number of hydrogen-bond donors (Lipinski definition) is 0. The van der Waals surface area contributed by atoms with Crippen molar-refractivity contribution in [2.75, 3.05) is 0 Å². The van der Waals surface area contributed by atoms with Gasteiger partial charge in [-0.3, -0.25) is 0 Å². The highest BCUT2D eigenvalue weighted by Gasteiger charge is 2.12. The molecule has 0 fully saturated rings. The molecule has 0 spiro atoms. The molecule has 25 heavy (non-hydrogen) atoms. The molecule has 0 N–H and O–H groups in total. The summed E-state index contributed by atoms with van der Waals surface area (Å²) in [5.41, 5.74) is 1.31. The minimum atomic E-state index is -0.426. The van der Waals surface area contributed by atoms with Crippen LogP contribution >= 0.6 is 0 Å². The normalized spacial score (nSPS) is 10.7. The maximum Gasteiger partial charge on any atom is 0.338 e. The second-order valence-corrected chi connectivity index (χ2v) is 5.51. The predicted molar refractivity (Wildman–Crippen MR) is 92.8 cm³/mol. The van der Waals surface area contributed by atoms with Gasteiger partial charge in [0.05, 0.1) is 5.56 Å². The largest absolute Gasteiger partial charge is 0.452 e. The number of ether oxygens (including phenoxy) is 1. The lowest BCUT2D eigenvalue weighted by Gasteiger charge is -2.04. The van der Waals surface area contributed by atoms with Crippen LogP contribution in [0.25, 0.3) is 22.2 Å². The van der Waals surface area contributed by atoms with E-state index in [4.69, 9.17) is 9.15 Å². The highest BCUT2D eigenvalue weighted by molar-refractivity contribution is 5.95. The molecule has 3 aromatic carbocycles. The van der Waals surface area contributed by atoms with Gasteiger partial charge in [-0.25, -0.2) is 4.79 Å². The number of rotatable bonds is 4. The Bertz CT molecular complexity index is 1030. The van der Waals surface area contributed by atoms with Crippen molar-refractivity contribution in [1.29, 1.82) is 0 Å². The Morgan fingerprint density at radius 3 is 2.48 bits per heavy atom. The standard InChI is InChI=1S/C20H14N2O3/c23-20(17-11-10-14-6-4-5-9-16(14)12-17)24-13-18-21-22-19(25-18)15-7-2-1-3-8-15/h1-12H,13H2. The van der Waals surface area contributed by atoms with Crippen LogP contribution in [0.5, 0.6) is 0 Å². The molecule has 0 aliphatic rings. The Labute approximate surface area is 143 Å². The lowest BCUT2D eigenvalue weighted by Crippen LogP contribution is -2.05. The lowest BCUT2D eigenvalue weighted by atomic mass is 10.1. The summed E-state index contributed by atoms with van der Waals surface area (Å²) in [4.78, 5) is 12.2. The van der Waals surface area contributed by atoms with Gasteiger partial charge in [0, 0.05) is 5.56 Å². The van der Waals surface area contributed by atoms with Crippen LogP contribution < -0.4 is 0 Å². The van der Waals surface area contributed by atoms with E-state index in [1.54, 1.807) is 12.1 Å². The number of carbonyl (C=O) groups is 1. The van der Waals surface area contributed by atoms with Crippen molar-refractivity contribution >= 4 is 16.7 Å². The number of fused-ring (bicyclic) bond motifs is 1. The summed E-state index contributed by atoms with van der Waals surface area (Å²) in [6.45, 7) is -0.0640. The predicted octanol–water partition coefficient (Wildman–Crippen LogP) is 4.25. The molecule has 4 aromatic rings. The first-order valence-corrected chi connectivity index (χ1v) is 7.83. The van der Waals surface area contributed by atoms with Crippen LogP contribution in [0.15, 0.2) is 77.2 Å². The minimum Gasteiger partial charge on any atom is -0.452 e. The fraction of sp³-hybridized carbons (Fsp3) is 0.0500. The van der Waals surface area contributed by atoms with E-state index in [9.17, 15) is 4.79 Å². The lowest BCUT2D eigenvalue weighted by molar-refractivity contribution is 0.0439. The fourth-order valence-corrected chi connectivity index (χ4v) is 2.54. The van der Waals surface area contributed by atoms with Crippen LogP contribution in [-0.2, 0) is 11.3 Å². The van der Waals surface area contributed by atoms with Crippen molar-refractivity contribution in [3.05, 3.63) is 84.3 Å². The monoisotopic (exact) mass is 330 g/mol. The zero-order valence-electron chi connectivity index (χ0n) is 13.3. The van der Waals surface area contributed by atoms with Crippen LogP contribution in [-0.4, -0.2) is 16.2 Å². The van der Waals surface area contributed by atoms with Crippen molar-refractivity contribution in [3.63, 3.8) is 0 Å². The Balaban J connectivity index is 1.45. The highest BCUT2D eigenvalue weighted by Crippen LogP contribution is 2.19. The summed E-state index contributed by atoms with van der Waals surface area (Å²) in [5.74, 6) is 0.232. The Kier molecular flexibility index (Phi) is 3.96. The van der Waals surface area contributed by atoms with Crippen molar-refractivity contribution in [2.24, 2.45) is 0 Å². The van der Waals surface area contributed by atoms with Crippen molar-refractivity contribution in [1.82, 2.24) is 10.2 Å². The van der Waals surface area contributed by atoms with E-state index in [0.717, 1.165) is 16.3 Å². The number of nitrogens with zero attached hydrogens (tertiary/aromatic N) is 2. The molecule has 1 aromatic heterocycles. The fourth-order valence-electron chi connectivity index (χ4n) is 2.54. The van der Waals surface area contributed by atoms with E-state index in [1.807, 2.05) is 60.7 Å². The third kappa shape index (κ3) is 3.26. The molecule has 0 radical (unpaired) electrons. The highest BCUT2D eigenvalue weighted by atomic mass is 16.5. The van der Waals surface area contributed by atoms with Gasteiger partial charge < -0.3 is 9.15 Å². The third-order valence-corrected chi connectivity index (χ3v) is 3.80. The number of esters is 1. The average Bonchev–Trinajstić information content (AvgIpc) is 3.15. The van der Waals surface area contributed by atoms with Crippen molar-refractivity contribution < 1.29 is 13.9 Å². The molecule has 0 aliphatic carbocycles. The van der Waals surface area contributed by atoms with E-state index in [-0.39, 0.29) is 12.5 Å². The van der Waals surface area contributed by atoms with E-state index >= 15 is 0 Å². The van der Waals surface area contributed by atoms with E-state index in [0.29, 0.717) is 11.5 Å². The molecule has 0 bridgehead atoms. The quantitative estimate of drug-likeness (QED) is 0.523. The second-order valence-electron chi connectivity index (χ2n) is 5.51. The van der Waals surface area contributed by atoms with Gasteiger partial charge in [-0.15, -0.1) is 10.2 Å². The van der Waals surface area contributed by atoms with E-state index < -0.39 is 5.97 Å². The summed E-state index contributed by atoms with van der Waals surface area (Å²) in [7, 11) is 0. The van der Waals surface area contributed by atoms with Crippen molar-refractivity contribution in [3.8, 4) is 11.5 Å². The first-order valence-electron chi connectivity index (χ1n) is 7.83.